The predicted molar refractivity (Wildman–Crippen MR) is 64.9 cm³/mol. The lowest BCUT2D eigenvalue weighted by Gasteiger charge is -2.25. The second-order valence-corrected chi connectivity index (χ2v) is 6.16. The first kappa shape index (κ1) is 13.2. The van der Waals surface area contributed by atoms with Gasteiger partial charge in [0.2, 0.25) is 0 Å². The predicted octanol–water partition coefficient (Wildman–Crippen LogP) is 1.66. The Kier molecular flexibility index (Phi) is 3.25. The molecule has 18 heavy (non-hydrogen) atoms. The molecule has 1 saturated carbocycles. The maximum atomic E-state index is 11.8. The van der Waals surface area contributed by atoms with E-state index in [1.807, 2.05) is 20.8 Å². The Balaban J connectivity index is 1.77. The largest absolute Gasteiger partial charge is 0.469 e. The van der Waals surface area contributed by atoms with E-state index in [1.54, 1.807) is 4.90 Å². The van der Waals surface area contributed by atoms with Crippen LogP contribution in [-0.2, 0) is 14.3 Å². The molecule has 0 radical (unpaired) electrons. The molecule has 1 saturated heterocycles. The molecule has 2 rings (SSSR count). The molecule has 1 aliphatic carbocycles. The van der Waals surface area contributed by atoms with E-state index < -0.39 is 5.60 Å². The molecule has 0 aromatic heterocycles. The summed E-state index contributed by atoms with van der Waals surface area (Å²) in [7, 11) is 1.41. The van der Waals surface area contributed by atoms with E-state index in [4.69, 9.17) is 4.74 Å². The first-order valence-corrected chi connectivity index (χ1v) is 6.36. The highest BCUT2D eigenvalue weighted by molar-refractivity contribution is 5.71. The molecule has 0 aromatic carbocycles. The number of piperidine rings is 1. The number of esters is 1. The number of carbonyl (C=O) groups excluding carboxylic acids is 2. The molecule has 3 atom stereocenters. The van der Waals surface area contributed by atoms with Gasteiger partial charge in [-0.1, -0.05) is 0 Å². The molecule has 102 valence electrons. The number of methoxy groups -OCH3 is 1. The Morgan fingerprint density at radius 3 is 2.22 bits per heavy atom. The molecular weight excluding hydrogens is 234 g/mol. The van der Waals surface area contributed by atoms with Crippen LogP contribution in [0.3, 0.4) is 0 Å². The van der Waals surface area contributed by atoms with Gasteiger partial charge < -0.3 is 14.4 Å². The van der Waals surface area contributed by atoms with Crippen molar-refractivity contribution in [1.82, 2.24) is 4.90 Å². The molecular formula is C13H21NO4. The van der Waals surface area contributed by atoms with Gasteiger partial charge in [-0.3, -0.25) is 4.79 Å². The van der Waals surface area contributed by atoms with Crippen molar-refractivity contribution in [3.05, 3.63) is 0 Å². The summed E-state index contributed by atoms with van der Waals surface area (Å²) in [4.78, 5) is 24.7. The van der Waals surface area contributed by atoms with Gasteiger partial charge in [-0.15, -0.1) is 0 Å². The summed E-state index contributed by atoms with van der Waals surface area (Å²) in [6.45, 7) is 7.01. The Hall–Kier alpha value is -1.26. The lowest BCUT2D eigenvalue weighted by atomic mass is 10.2. The van der Waals surface area contributed by atoms with Crippen molar-refractivity contribution in [2.24, 2.45) is 17.8 Å². The smallest absolute Gasteiger partial charge is 0.410 e. The summed E-state index contributed by atoms with van der Waals surface area (Å²) in [6, 6.07) is 0. The van der Waals surface area contributed by atoms with Crippen LogP contribution >= 0.6 is 0 Å². The summed E-state index contributed by atoms with van der Waals surface area (Å²) < 4.78 is 9.99. The fraction of sp³-hybridized carbons (Fsp3) is 0.846. The van der Waals surface area contributed by atoms with Crippen molar-refractivity contribution >= 4 is 12.1 Å². The highest BCUT2D eigenvalue weighted by atomic mass is 16.6. The van der Waals surface area contributed by atoms with Gasteiger partial charge in [0.1, 0.15) is 5.60 Å². The summed E-state index contributed by atoms with van der Waals surface area (Å²) in [5.74, 6) is 1.16. The zero-order valence-electron chi connectivity index (χ0n) is 11.4. The molecule has 1 amide bonds. The van der Waals surface area contributed by atoms with Gasteiger partial charge in [0.05, 0.1) is 7.11 Å². The van der Waals surface area contributed by atoms with Crippen LogP contribution in [0.25, 0.3) is 0 Å². The van der Waals surface area contributed by atoms with Crippen molar-refractivity contribution < 1.29 is 19.1 Å². The highest BCUT2D eigenvalue weighted by Crippen LogP contribution is 2.53. The topological polar surface area (TPSA) is 55.8 Å². The van der Waals surface area contributed by atoms with Crippen LogP contribution in [0.5, 0.6) is 0 Å². The van der Waals surface area contributed by atoms with Crippen LogP contribution in [0, 0.1) is 17.8 Å². The first-order valence-electron chi connectivity index (χ1n) is 6.36. The quantitative estimate of drug-likeness (QED) is 0.704. The van der Waals surface area contributed by atoms with Gasteiger partial charge in [0.25, 0.3) is 0 Å². The fourth-order valence-corrected chi connectivity index (χ4v) is 2.70. The van der Waals surface area contributed by atoms with Crippen molar-refractivity contribution in [1.29, 1.82) is 0 Å². The molecule has 2 aliphatic rings. The van der Waals surface area contributed by atoms with E-state index >= 15 is 0 Å². The molecule has 5 heteroatoms. The normalized spacial score (nSPS) is 29.8. The molecule has 0 bridgehead atoms. The lowest BCUT2D eigenvalue weighted by molar-refractivity contribution is -0.141. The summed E-state index contributed by atoms with van der Waals surface area (Å²) in [6.07, 6.45) is 0.236. The molecule has 1 aliphatic heterocycles. The Morgan fingerprint density at radius 2 is 1.78 bits per heavy atom. The molecule has 2 fully saturated rings. The van der Waals surface area contributed by atoms with Gasteiger partial charge >= 0.3 is 12.1 Å². The third-order valence-electron chi connectivity index (χ3n) is 3.65. The minimum absolute atomic E-state index is 0.154. The fourth-order valence-electron chi connectivity index (χ4n) is 2.70. The second-order valence-electron chi connectivity index (χ2n) is 6.16. The van der Waals surface area contributed by atoms with Gasteiger partial charge in [0, 0.05) is 19.5 Å². The SMILES string of the molecule is COC(=O)CC1[C@H]2CN(C(=O)OC(C)(C)C)C[C@@H]12. The van der Waals surface area contributed by atoms with Crippen LogP contribution in [0.4, 0.5) is 4.79 Å². The summed E-state index contributed by atoms with van der Waals surface area (Å²) in [5, 5.41) is 0. The van der Waals surface area contributed by atoms with E-state index in [0.717, 1.165) is 0 Å². The first-order chi connectivity index (χ1) is 8.31. The van der Waals surface area contributed by atoms with Crippen LogP contribution in [0.2, 0.25) is 0 Å². The molecule has 0 N–H and O–H groups in total. The maximum absolute atomic E-state index is 11.8. The van der Waals surface area contributed by atoms with Crippen molar-refractivity contribution in [3.8, 4) is 0 Å². The average Bonchev–Trinajstić information content (AvgIpc) is 2.73. The number of ether oxygens (including phenoxy) is 2. The minimum Gasteiger partial charge on any atom is -0.469 e. The van der Waals surface area contributed by atoms with Gasteiger partial charge in [-0.2, -0.15) is 0 Å². The van der Waals surface area contributed by atoms with Gasteiger partial charge in [-0.25, -0.2) is 4.79 Å². The number of rotatable bonds is 2. The highest BCUT2D eigenvalue weighted by Gasteiger charge is 2.57. The van der Waals surface area contributed by atoms with E-state index in [2.05, 4.69) is 4.74 Å². The van der Waals surface area contributed by atoms with Crippen molar-refractivity contribution in [3.63, 3.8) is 0 Å². The molecule has 0 spiro atoms. The Morgan fingerprint density at radius 1 is 1.22 bits per heavy atom. The van der Waals surface area contributed by atoms with Crippen LogP contribution in [-0.4, -0.2) is 42.8 Å². The summed E-state index contributed by atoms with van der Waals surface area (Å²) in [5.41, 5.74) is -0.449. The number of fused-ring (bicyclic) bond motifs is 1. The zero-order valence-corrected chi connectivity index (χ0v) is 11.4. The molecule has 1 heterocycles. The van der Waals surface area contributed by atoms with Crippen LogP contribution in [0.1, 0.15) is 27.2 Å². The van der Waals surface area contributed by atoms with Crippen molar-refractivity contribution in [2.75, 3.05) is 20.2 Å². The monoisotopic (exact) mass is 255 g/mol. The molecule has 0 aromatic rings. The third-order valence-corrected chi connectivity index (χ3v) is 3.65. The van der Waals surface area contributed by atoms with Gasteiger partial charge in [-0.05, 0) is 38.5 Å². The number of amides is 1. The molecule has 1 unspecified atom stereocenters. The number of likely N-dealkylation sites (tertiary alicyclic amines) is 1. The lowest BCUT2D eigenvalue weighted by Crippen LogP contribution is -2.37. The van der Waals surface area contributed by atoms with Crippen LogP contribution in [0.15, 0.2) is 0 Å². The zero-order chi connectivity index (χ0) is 13.5. The van der Waals surface area contributed by atoms with E-state index in [9.17, 15) is 9.59 Å². The minimum atomic E-state index is -0.449. The number of hydrogen-bond acceptors (Lipinski definition) is 4. The second kappa shape index (κ2) is 4.44. The van der Waals surface area contributed by atoms with Crippen LogP contribution < -0.4 is 0 Å². The number of carbonyl (C=O) groups is 2. The van der Waals surface area contributed by atoms with E-state index in [0.29, 0.717) is 37.3 Å². The Bertz CT molecular complexity index is 348. The maximum Gasteiger partial charge on any atom is 0.410 e. The molecule has 5 nitrogen and oxygen atoms in total. The number of nitrogens with zero attached hydrogens (tertiary/aromatic N) is 1. The van der Waals surface area contributed by atoms with Crippen molar-refractivity contribution in [2.45, 2.75) is 32.8 Å². The van der Waals surface area contributed by atoms with E-state index in [1.165, 1.54) is 7.11 Å². The average molecular weight is 255 g/mol. The van der Waals surface area contributed by atoms with Gasteiger partial charge in [0.15, 0.2) is 0 Å². The van der Waals surface area contributed by atoms with E-state index in [-0.39, 0.29) is 12.1 Å². The Labute approximate surface area is 107 Å². The number of hydrogen-bond donors (Lipinski definition) is 0. The standard InChI is InChI=1S/C13H21NO4/c1-13(2,3)18-12(16)14-6-9-8(10(9)7-14)5-11(15)17-4/h8-10H,5-7H2,1-4H3/t8?,9-,10+. The summed E-state index contributed by atoms with van der Waals surface area (Å²) >= 11 is 0. The third kappa shape index (κ3) is 2.76.